The Labute approximate surface area is 80.4 Å². The molecule has 0 aliphatic rings. The predicted octanol–water partition coefficient (Wildman–Crippen LogP) is 1.56. The third-order valence-electron chi connectivity index (χ3n) is 1.35. The first-order valence-electron chi connectivity index (χ1n) is 3.78. The monoisotopic (exact) mass is 186 g/mol. The van der Waals surface area contributed by atoms with E-state index >= 15 is 0 Å². The summed E-state index contributed by atoms with van der Waals surface area (Å²) >= 11 is 0. The van der Waals surface area contributed by atoms with Crippen LogP contribution in [0.25, 0.3) is 10.4 Å². The summed E-state index contributed by atoms with van der Waals surface area (Å²) in [6.45, 7) is 0.119. The zero-order chi connectivity index (χ0) is 10.2. The lowest BCUT2D eigenvalue weighted by Gasteiger charge is -1.89. The van der Waals surface area contributed by atoms with E-state index in [1.54, 1.807) is 12.1 Å². The van der Waals surface area contributed by atoms with Crippen LogP contribution in [0.1, 0.15) is 16.1 Å². The van der Waals surface area contributed by atoms with E-state index in [9.17, 15) is 4.79 Å². The van der Waals surface area contributed by atoms with E-state index < -0.39 is 0 Å². The molecule has 14 heavy (non-hydrogen) atoms. The SMILES string of the molecule is [N-]=[N+]=NCC#Cc1ccc(C=O)cn1. The van der Waals surface area contributed by atoms with Gasteiger partial charge in [0.05, 0.1) is 6.54 Å². The Balaban J connectivity index is 2.71. The minimum absolute atomic E-state index is 0.119. The van der Waals surface area contributed by atoms with Crippen LogP contribution in [0.3, 0.4) is 0 Å². The van der Waals surface area contributed by atoms with Gasteiger partial charge in [0.1, 0.15) is 5.69 Å². The molecule has 0 fully saturated rings. The Hall–Kier alpha value is -2.31. The molecule has 0 amide bonds. The van der Waals surface area contributed by atoms with Crippen LogP contribution in [0, 0.1) is 11.8 Å². The quantitative estimate of drug-likeness (QED) is 0.231. The highest BCUT2D eigenvalue weighted by Gasteiger charge is 1.89. The Kier molecular flexibility index (Phi) is 3.74. The average molecular weight is 186 g/mol. The predicted molar refractivity (Wildman–Crippen MR) is 50.5 cm³/mol. The average Bonchev–Trinajstić information content (AvgIpc) is 2.25. The number of carbonyl (C=O) groups is 1. The third kappa shape index (κ3) is 2.97. The zero-order valence-electron chi connectivity index (χ0n) is 7.21. The second-order valence-electron chi connectivity index (χ2n) is 2.29. The van der Waals surface area contributed by atoms with Crippen LogP contribution >= 0.6 is 0 Å². The summed E-state index contributed by atoms with van der Waals surface area (Å²) in [5.41, 5.74) is 9.02. The third-order valence-corrected chi connectivity index (χ3v) is 1.35. The van der Waals surface area contributed by atoms with Gasteiger partial charge in [-0.15, -0.1) is 0 Å². The number of azide groups is 1. The van der Waals surface area contributed by atoms with Crippen molar-refractivity contribution < 1.29 is 4.79 Å². The topological polar surface area (TPSA) is 78.7 Å². The second kappa shape index (κ2) is 5.36. The molecule has 0 N–H and O–H groups in total. The molecule has 0 aromatic carbocycles. The van der Waals surface area contributed by atoms with Crippen molar-refractivity contribution in [1.82, 2.24) is 4.98 Å². The fraction of sp³-hybridized carbons (Fsp3) is 0.111. The molecule has 5 nitrogen and oxygen atoms in total. The van der Waals surface area contributed by atoms with Gasteiger partial charge in [0.2, 0.25) is 0 Å². The van der Waals surface area contributed by atoms with Gasteiger partial charge in [0.25, 0.3) is 0 Å². The van der Waals surface area contributed by atoms with Crippen LogP contribution in [0.5, 0.6) is 0 Å². The van der Waals surface area contributed by atoms with Crippen molar-refractivity contribution in [3.8, 4) is 11.8 Å². The van der Waals surface area contributed by atoms with E-state index in [0.717, 1.165) is 0 Å². The molecule has 5 heteroatoms. The summed E-state index contributed by atoms with van der Waals surface area (Å²) < 4.78 is 0. The lowest BCUT2D eigenvalue weighted by molar-refractivity contribution is 0.112. The van der Waals surface area contributed by atoms with Crippen LogP contribution in [-0.4, -0.2) is 17.8 Å². The lowest BCUT2D eigenvalue weighted by atomic mass is 10.3. The molecule has 0 radical (unpaired) electrons. The van der Waals surface area contributed by atoms with Crippen LogP contribution in [-0.2, 0) is 0 Å². The van der Waals surface area contributed by atoms with Crippen LogP contribution in [0.4, 0.5) is 0 Å². The molecule has 0 atom stereocenters. The maximum atomic E-state index is 10.3. The van der Waals surface area contributed by atoms with E-state index in [-0.39, 0.29) is 6.54 Å². The fourth-order valence-electron chi connectivity index (χ4n) is 0.746. The molecule has 1 rings (SSSR count). The first kappa shape index (κ1) is 9.78. The summed E-state index contributed by atoms with van der Waals surface area (Å²) in [4.78, 5) is 16.7. The second-order valence-corrected chi connectivity index (χ2v) is 2.29. The zero-order valence-corrected chi connectivity index (χ0v) is 7.21. The molecule has 68 valence electrons. The van der Waals surface area contributed by atoms with Crippen LogP contribution < -0.4 is 0 Å². The normalized spacial score (nSPS) is 8.00. The minimum Gasteiger partial charge on any atom is -0.298 e. The Bertz CT molecular complexity index is 420. The molecule has 1 aromatic heterocycles. The van der Waals surface area contributed by atoms with Gasteiger partial charge < -0.3 is 0 Å². The molecule has 0 spiro atoms. The van der Waals surface area contributed by atoms with Crippen LogP contribution in [0.2, 0.25) is 0 Å². The van der Waals surface area contributed by atoms with E-state index in [1.807, 2.05) is 0 Å². The summed E-state index contributed by atoms with van der Waals surface area (Å²) in [5, 5.41) is 3.24. The number of nitrogens with zero attached hydrogens (tertiary/aromatic N) is 4. The molecule has 0 unspecified atom stereocenters. The molecule has 0 saturated carbocycles. The lowest BCUT2D eigenvalue weighted by Crippen LogP contribution is -1.85. The summed E-state index contributed by atoms with van der Waals surface area (Å²) in [5.74, 6) is 5.31. The fourth-order valence-corrected chi connectivity index (χ4v) is 0.746. The number of hydrogen-bond donors (Lipinski definition) is 0. The van der Waals surface area contributed by atoms with Crippen molar-refractivity contribution in [2.45, 2.75) is 0 Å². The van der Waals surface area contributed by atoms with Gasteiger partial charge in [-0.1, -0.05) is 11.0 Å². The number of pyridine rings is 1. The Morgan fingerprint density at radius 3 is 3.07 bits per heavy atom. The van der Waals surface area contributed by atoms with Gasteiger partial charge in [0.15, 0.2) is 6.29 Å². The van der Waals surface area contributed by atoms with Gasteiger partial charge >= 0.3 is 0 Å². The molecular formula is C9H6N4O. The number of aromatic nitrogens is 1. The van der Waals surface area contributed by atoms with E-state index in [4.69, 9.17) is 5.53 Å². The molecule has 1 aromatic rings. The maximum absolute atomic E-state index is 10.3. The summed E-state index contributed by atoms with van der Waals surface area (Å²) in [6, 6.07) is 3.25. The molecule has 1 heterocycles. The molecule has 0 aliphatic heterocycles. The molecule has 0 bridgehead atoms. The van der Waals surface area contributed by atoms with Gasteiger partial charge in [0, 0.05) is 16.7 Å². The minimum atomic E-state index is 0.119. The highest BCUT2D eigenvalue weighted by molar-refractivity contribution is 5.74. The number of hydrogen-bond acceptors (Lipinski definition) is 3. The molecule has 0 aliphatic carbocycles. The smallest absolute Gasteiger partial charge is 0.151 e. The van der Waals surface area contributed by atoms with Crippen molar-refractivity contribution in [2.24, 2.45) is 5.11 Å². The van der Waals surface area contributed by atoms with E-state index in [1.165, 1.54) is 6.20 Å². The van der Waals surface area contributed by atoms with Crippen molar-refractivity contribution >= 4 is 6.29 Å². The number of aldehydes is 1. The van der Waals surface area contributed by atoms with E-state index in [0.29, 0.717) is 17.5 Å². The van der Waals surface area contributed by atoms with Crippen molar-refractivity contribution in [2.75, 3.05) is 6.54 Å². The highest BCUT2D eigenvalue weighted by Crippen LogP contribution is 1.95. The highest BCUT2D eigenvalue weighted by atomic mass is 16.1. The molecule has 0 saturated heterocycles. The molecular weight excluding hydrogens is 180 g/mol. The van der Waals surface area contributed by atoms with Gasteiger partial charge in [-0.2, -0.15) is 0 Å². The van der Waals surface area contributed by atoms with Crippen molar-refractivity contribution in [3.05, 3.63) is 40.0 Å². The largest absolute Gasteiger partial charge is 0.298 e. The van der Waals surface area contributed by atoms with Crippen molar-refractivity contribution in [3.63, 3.8) is 0 Å². The number of carbonyl (C=O) groups excluding carboxylic acids is 1. The standard InChI is InChI=1S/C9H6N4O/c10-13-12-5-1-2-9-4-3-8(7-14)6-11-9/h3-4,6-7H,5H2. The van der Waals surface area contributed by atoms with Gasteiger partial charge in [-0.3, -0.25) is 4.79 Å². The van der Waals surface area contributed by atoms with E-state index in [2.05, 4.69) is 26.9 Å². The summed E-state index contributed by atoms with van der Waals surface area (Å²) in [6.07, 6.45) is 2.15. The van der Waals surface area contributed by atoms with Gasteiger partial charge in [-0.25, -0.2) is 4.98 Å². The summed E-state index contributed by atoms with van der Waals surface area (Å²) in [7, 11) is 0. The van der Waals surface area contributed by atoms with Gasteiger partial charge in [-0.05, 0) is 23.6 Å². The van der Waals surface area contributed by atoms with Crippen molar-refractivity contribution in [1.29, 1.82) is 0 Å². The Morgan fingerprint density at radius 1 is 1.64 bits per heavy atom. The Morgan fingerprint density at radius 2 is 2.50 bits per heavy atom. The number of rotatable bonds is 2. The maximum Gasteiger partial charge on any atom is 0.151 e. The first-order valence-corrected chi connectivity index (χ1v) is 3.78. The van der Waals surface area contributed by atoms with Crippen LogP contribution in [0.15, 0.2) is 23.4 Å². The first-order chi connectivity index (χ1) is 6.86.